The van der Waals surface area contributed by atoms with Crippen LogP contribution in [0.4, 0.5) is 0 Å². The first kappa shape index (κ1) is 9.90. The number of rotatable bonds is 2. The lowest BCUT2D eigenvalue weighted by Crippen LogP contribution is -2.55. The van der Waals surface area contributed by atoms with Gasteiger partial charge in [0, 0.05) is 12.4 Å². The van der Waals surface area contributed by atoms with Crippen LogP contribution in [0.1, 0.15) is 0 Å². The van der Waals surface area contributed by atoms with Crippen molar-refractivity contribution in [1.82, 2.24) is 9.97 Å². The van der Waals surface area contributed by atoms with Crippen molar-refractivity contribution in [2.45, 2.75) is 13.6 Å². The van der Waals surface area contributed by atoms with Crippen LogP contribution in [0, 0.1) is 0 Å². The minimum Gasteiger partial charge on any atom is -0.303 e. The zero-order chi connectivity index (χ0) is 10.7. The average Bonchev–Trinajstić information content (AvgIpc) is 2.31. The van der Waals surface area contributed by atoms with Gasteiger partial charge in [-0.15, -0.1) is 11.2 Å². The second kappa shape index (κ2) is 3.85. The number of nitrogens with zero attached hydrogens (tertiary/aromatic N) is 2. The highest BCUT2D eigenvalue weighted by Gasteiger charge is 2.19. The first-order chi connectivity index (χ1) is 7.21. The van der Waals surface area contributed by atoms with E-state index >= 15 is 0 Å². The van der Waals surface area contributed by atoms with Gasteiger partial charge in [-0.3, -0.25) is 0 Å². The summed E-state index contributed by atoms with van der Waals surface area (Å²) in [6, 6.07) is 12.1. The van der Waals surface area contributed by atoms with Crippen molar-refractivity contribution in [2.75, 3.05) is 0 Å². The van der Waals surface area contributed by atoms with E-state index in [4.69, 9.17) is 0 Å². The Labute approximate surface area is 90.3 Å². The van der Waals surface area contributed by atoms with Crippen LogP contribution < -0.4 is 11.2 Å². The van der Waals surface area contributed by atoms with Gasteiger partial charge in [-0.25, -0.2) is 0 Å². The van der Waals surface area contributed by atoms with Crippen LogP contribution in [0.3, 0.4) is 0 Å². The minimum absolute atomic E-state index is 0.830. The van der Waals surface area contributed by atoms with Gasteiger partial charge in [0.2, 0.25) is 0 Å². The second-order valence-electron chi connectivity index (χ2n) is 4.39. The highest BCUT2D eigenvalue weighted by Crippen LogP contribution is 2.00. The van der Waals surface area contributed by atoms with Crippen LogP contribution in [0.15, 0.2) is 48.8 Å². The first-order valence-corrected chi connectivity index (χ1v) is 5.27. The Balaban J connectivity index is 2.44. The molecule has 15 heavy (non-hydrogen) atoms. The van der Waals surface area contributed by atoms with E-state index in [2.05, 4.69) is 35.7 Å². The lowest BCUT2D eigenvalue weighted by atomic mass is 9.24. The third-order valence-corrected chi connectivity index (χ3v) is 2.85. The molecular formula is C12H14BN2-. The number of hydrogen-bond donors (Lipinski definition) is 0. The molecule has 0 radical (unpaired) electrons. The highest BCUT2D eigenvalue weighted by atomic mass is 14.7. The number of hydrogen-bond acceptors (Lipinski definition) is 2. The molecule has 0 atom stereocenters. The molecule has 3 heteroatoms. The van der Waals surface area contributed by atoms with Crippen molar-refractivity contribution in [2.24, 2.45) is 0 Å². The van der Waals surface area contributed by atoms with Gasteiger partial charge in [-0.1, -0.05) is 24.3 Å². The maximum Gasteiger partial charge on any atom is 0.0921 e. The Kier molecular flexibility index (Phi) is 2.54. The van der Waals surface area contributed by atoms with Crippen molar-refractivity contribution >= 4 is 17.3 Å². The van der Waals surface area contributed by atoms with Crippen LogP contribution in [0.25, 0.3) is 0 Å². The SMILES string of the molecule is C[B-](C)(c1ccccn1)c1ccccn1. The van der Waals surface area contributed by atoms with Gasteiger partial charge in [0.1, 0.15) is 0 Å². The molecule has 0 aliphatic heterocycles. The average molecular weight is 197 g/mol. The molecule has 2 aromatic heterocycles. The summed E-state index contributed by atoms with van der Waals surface area (Å²) >= 11 is 0. The third kappa shape index (κ3) is 1.91. The maximum atomic E-state index is 4.41. The Morgan fingerprint density at radius 1 is 0.800 bits per heavy atom. The summed E-state index contributed by atoms with van der Waals surface area (Å²) in [5, 5.41) is 0. The fourth-order valence-corrected chi connectivity index (χ4v) is 1.76. The fraction of sp³-hybridized carbons (Fsp3) is 0.167. The molecule has 0 spiro atoms. The third-order valence-electron chi connectivity index (χ3n) is 2.85. The van der Waals surface area contributed by atoms with E-state index in [-0.39, 0.29) is 0 Å². The molecule has 76 valence electrons. The largest absolute Gasteiger partial charge is 0.303 e. The lowest BCUT2D eigenvalue weighted by molar-refractivity contribution is 1.33. The van der Waals surface area contributed by atoms with Crippen LogP contribution in [0.5, 0.6) is 0 Å². The quantitative estimate of drug-likeness (QED) is 0.678. The van der Waals surface area contributed by atoms with E-state index < -0.39 is 6.15 Å². The normalized spacial score (nSPS) is 11.3. The van der Waals surface area contributed by atoms with E-state index in [1.165, 1.54) is 0 Å². The molecule has 0 unspecified atom stereocenters. The van der Waals surface area contributed by atoms with Crippen molar-refractivity contribution < 1.29 is 0 Å². The zero-order valence-electron chi connectivity index (χ0n) is 9.09. The van der Waals surface area contributed by atoms with Gasteiger partial charge in [-0.2, -0.15) is 13.6 Å². The number of aromatic nitrogens is 2. The topological polar surface area (TPSA) is 25.8 Å². The highest BCUT2D eigenvalue weighted by molar-refractivity contribution is 6.99. The van der Waals surface area contributed by atoms with Crippen molar-refractivity contribution in [3.05, 3.63) is 48.8 Å². The summed E-state index contributed by atoms with van der Waals surface area (Å²) in [7, 11) is 0. The van der Waals surface area contributed by atoms with Gasteiger partial charge >= 0.3 is 0 Å². The van der Waals surface area contributed by atoms with E-state index in [1.807, 2.05) is 36.7 Å². The van der Waals surface area contributed by atoms with E-state index in [0.717, 1.165) is 11.2 Å². The van der Waals surface area contributed by atoms with Crippen molar-refractivity contribution in [3.8, 4) is 0 Å². The monoisotopic (exact) mass is 197 g/mol. The Bertz CT molecular complexity index is 384. The minimum atomic E-state index is -0.830. The van der Waals surface area contributed by atoms with Gasteiger partial charge in [0.25, 0.3) is 0 Å². The molecule has 2 aromatic rings. The summed E-state index contributed by atoms with van der Waals surface area (Å²) in [5.41, 5.74) is 2.22. The Morgan fingerprint density at radius 3 is 1.60 bits per heavy atom. The molecule has 0 aliphatic rings. The van der Waals surface area contributed by atoms with Crippen LogP contribution in [-0.4, -0.2) is 16.1 Å². The molecule has 0 saturated heterocycles. The summed E-state index contributed by atoms with van der Waals surface area (Å²) in [6.07, 6.45) is 2.84. The predicted molar refractivity (Wildman–Crippen MR) is 65.2 cm³/mol. The number of pyridine rings is 2. The molecule has 0 fully saturated rings. The van der Waals surface area contributed by atoms with Crippen LogP contribution in [0.2, 0.25) is 13.6 Å². The van der Waals surface area contributed by atoms with Gasteiger partial charge in [0.05, 0.1) is 6.15 Å². The van der Waals surface area contributed by atoms with Crippen molar-refractivity contribution in [1.29, 1.82) is 0 Å². The van der Waals surface area contributed by atoms with Gasteiger partial charge < -0.3 is 9.97 Å². The summed E-state index contributed by atoms with van der Waals surface area (Å²) in [6.45, 7) is 4.40. The first-order valence-electron chi connectivity index (χ1n) is 5.27. The standard InChI is InChI=1S/C12H14BN2/c1-13(2,11-7-3-5-9-14-11)12-8-4-6-10-15-12/h3-10H,1-2H3/q-1. The zero-order valence-corrected chi connectivity index (χ0v) is 9.09. The van der Waals surface area contributed by atoms with E-state index in [1.54, 1.807) is 0 Å². The second-order valence-corrected chi connectivity index (χ2v) is 4.39. The van der Waals surface area contributed by atoms with E-state index in [9.17, 15) is 0 Å². The Morgan fingerprint density at radius 2 is 1.27 bits per heavy atom. The molecule has 0 saturated carbocycles. The van der Waals surface area contributed by atoms with Gasteiger partial charge in [-0.05, 0) is 12.1 Å². The molecule has 2 rings (SSSR count). The fourth-order valence-electron chi connectivity index (χ4n) is 1.76. The molecule has 2 nitrogen and oxygen atoms in total. The van der Waals surface area contributed by atoms with Gasteiger partial charge in [0.15, 0.2) is 0 Å². The molecule has 0 amide bonds. The molecule has 0 aliphatic carbocycles. The predicted octanol–water partition coefficient (Wildman–Crippen LogP) is 1.30. The summed E-state index contributed by atoms with van der Waals surface area (Å²) in [5.74, 6) is 0. The molecule has 0 bridgehead atoms. The van der Waals surface area contributed by atoms with Crippen LogP contribution >= 0.6 is 0 Å². The molecule has 0 aromatic carbocycles. The molecular weight excluding hydrogens is 183 g/mol. The van der Waals surface area contributed by atoms with Crippen LogP contribution in [-0.2, 0) is 0 Å². The summed E-state index contributed by atoms with van der Waals surface area (Å²) in [4.78, 5) is 8.83. The summed E-state index contributed by atoms with van der Waals surface area (Å²) < 4.78 is 0. The maximum absolute atomic E-state index is 4.41. The lowest BCUT2D eigenvalue weighted by Gasteiger charge is -2.29. The van der Waals surface area contributed by atoms with E-state index in [0.29, 0.717) is 0 Å². The molecule has 0 N–H and O–H groups in total. The van der Waals surface area contributed by atoms with Crippen molar-refractivity contribution in [3.63, 3.8) is 0 Å². The Hall–Kier alpha value is -1.64. The molecule has 2 heterocycles. The smallest absolute Gasteiger partial charge is 0.0921 e.